The summed E-state index contributed by atoms with van der Waals surface area (Å²) in [6.45, 7) is 5.88. The number of nitrogens with zero attached hydrogens (tertiary/aromatic N) is 2. The van der Waals surface area contributed by atoms with E-state index >= 15 is 0 Å². The van der Waals surface area contributed by atoms with Gasteiger partial charge in [-0.3, -0.25) is 9.97 Å². The molecule has 0 radical (unpaired) electrons. The van der Waals surface area contributed by atoms with E-state index in [0.29, 0.717) is 0 Å². The molecular formula is C29H22N2. The maximum atomic E-state index is 4.72. The highest BCUT2D eigenvalue weighted by molar-refractivity contribution is 6.11. The van der Waals surface area contributed by atoms with Crippen molar-refractivity contribution in [1.29, 1.82) is 0 Å². The zero-order valence-electron chi connectivity index (χ0n) is 17.4. The third kappa shape index (κ3) is 3.43. The van der Waals surface area contributed by atoms with Crippen LogP contribution in [0.3, 0.4) is 0 Å². The fraction of sp³-hybridized carbons (Fsp3) is 0.0345. The first kappa shape index (κ1) is 19.0. The number of aromatic nitrogens is 2. The summed E-state index contributed by atoms with van der Waals surface area (Å²) in [7, 11) is 0. The van der Waals surface area contributed by atoms with E-state index in [-0.39, 0.29) is 0 Å². The fourth-order valence-electron chi connectivity index (χ4n) is 4.13. The Bertz CT molecular complexity index is 1430. The first-order valence-corrected chi connectivity index (χ1v) is 10.4. The number of pyridine rings is 2. The molecule has 0 fully saturated rings. The van der Waals surface area contributed by atoms with E-state index in [1.165, 1.54) is 27.8 Å². The predicted molar refractivity (Wildman–Crippen MR) is 132 cm³/mol. The molecule has 31 heavy (non-hydrogen) atoms. The van der Waals surface area contributed by atoms with Crippen LogP contribution in [0.5, 0.6) is 0 Å². The summed E-state index contributed by atoms with van der Waals surface area (Å²) in [6, 6.07) is 27.6. The Balaban J connectivity index is 1.68. The van der Waals surface area contributed by atoms with Crippen LogP contribution in [0.2, 0.25) is 0 Å². The molecular weight excluding hydrogens is 376 g/mol. The van der Waals surface area contributed by atoms with Crippen molar-refractivity contribution in [1.82, 2.24) is 9.97 Å². The van der Waals surface area contributed by atoms with Crippen LogP contribution in [0.1, 0.15) is 12.5 Å². The lowest BCUT2D eigenvalue weighted by atomic mass is 9.95. The smallest absolute Gasteiger partial charge is 0.0970 e. The molecule has 0 unspecified atom stereocenters. The van der Waals surface area contributed by atoms with Gasteiger partial charge in [-0.15, -0.1) is 0 Å². The van der Waals surface area contributed by atoms with Gasteiger partial charge in [-0.2, -0.15) is 0 Å². The van der Waals surface area contributed by atoms with Crippen molar-refractivity contribution in [3.8, 4) is 22.3 Å². The van der Waals surface area contributed by atoms with Gasteiger partial charge in [0, 0.05) is 23.2 Å². The van der Waals surface area contributed by atoms with Gasteiger partial charge in [0.1, 0.15) is 0 Å². The lowest BCUT2D eigenvalue weighted by molar-refractivity contribution is 1.37. The van der Waals surface area contributed by atoms with E-state index in [9.17, 15) is 0 Å². The highest BCUT2D eigenvalue weighted by atomic mass is 14.7. The molecule has 0 amide bonds. The molecule has 0 aliphatic carbocycles. The van der Waals surface area contributed by atoms with E-state index in [1.54, 1.807) is 0 Å². The summed E-state index contributed by atoms with van der Waals surface area (Å²) < 4.78 is 0. The Kier molecular flexibility index (Phi) is 4.89. The molecule has 5 rings (SSSR count). The van der Waals surface area contributed by atoms with Crippen molar-refractivity contribution in [3.63, 3.8) is 0 Å². The largest absolute Gasteiger partial charge is 0.254 e. The molecule has 0 aliphatic heterocycles. The van der Waals surface area contributed by atoms with E-state index in [2.05, 4.69) is 86.3 Å². The maximum absolute atomic E-state index is 4.72. The van der Waals surface area contributed by atoms with Crippen LogP contribution in [0.15, 0.2) is 110 Å². The number of fused-ring (bicyclic) bond motifs is 3. The fourth-order valence-corrected chi connectivity index (χ4v) is 4.13. The minimum Gasteiger partial charge on any atom is -0.254 e. The molecule has 2 aromatic heterocycles. The zero-order valence-corrected chi connectivity index (χ0v) is 17.4. The number of hydrogen-bond acceptors (Lipinski definition) is 2. The number of hydrogen-bond donors (Lipinski definition) is 0. The molecule has 0 N–H and O–H groups in total. The van der Waals surface area contributed by atoms with Gasteiger partial charge in [0.25, 0.3) is 0 Å². The summed E-state index contributed by atoms with van der Waals surface area (Å²) in [5.74, 6) is 0. The van der Waals surface area contributed by atoms with E-state index in [1.807, 2.05) is 30.6 Å². The molecule has 0 saturated heterocycles. The van der Waals surface area contributed by atoms with Gasteiger partial charge in [0.05, 0.1) is 11.0 Å². The minimum atomic E-state index is 0.930. The SMILES string of the molecule is C=C/C=C(\C)c1ccc(-c2ccnc3c2ccc2c(-c4ccccc4)ccnc23)cc1. The third-order valence-electron chi connectivity index (χ3n) is 5.73. The Morgan fingerprint density at radius 2 is 1.23 bits per heavy atom. The molecule has 3 aromatic carbocycles. The predicted octanol–water partition coefficient (Wildman–Crippen LogP) is 7.71. The second-order valence-corrected chi connectivity index (χ2v) is 7.60. The molecule has 0 saturated carbocycles. The second kappa shape index (κ2) is 8.00. The average Bonchev–Trinajstić information content (AvgIpc) is 2.84. The highest BCUT2D eigenvalue weighted by Crippen LogP contribution is 2.35. The number of benzene rings is 3. The molecule has 0 aliphatic rings. The van der Waals surface area contributed by atoms with Crippen LogP contribution in [0, 0.1) is 0 Å². The molecule has 2 heteroatoms. The lowest BCUT2D eigenvalue weighted by Crippen LogP contribution is -1.90. The van der Waals surface area contributed by atoms with Crippen molar-refractivity contribution in [2.24, 2.45) is 0 Å². The first-order chi connectivity index (χ1) is 15.3. The summed E-state index contributed by atoms with van der Waals surface area (Å²) >= 11 is 0. The van der Waals surface area contributed by atoms with Crippen LogP contribution in [0.4, 0.5) is 0 Å². The minimum absolute atomic E-state index is 0.930. The van der Waals surface area contributed by atoms with Crippen molar-refractivity contribution in [2.45, 2.75) is 6.92 Å². The topological polar surface area (TPSA) is 25.8 Å². The summed E-state index contributed by atoms with van der Waals surface area (Å²) in [5, 5.41) is 2.23. The van der Waals surface area contributed by atoms with Crippen LogP contribution in [-0.4, -0.2) is 9.97 Å². The third-order valence-corrected chi connectivity index (χ3v) is 5.73. The van der Waals surface area contributed by atoms with Crippen molar-refractivity contribution >= 4 is 27.4 Å². The Hall–Kier alpha value is -4.04. The van der Waals surface area contributed by atoms with Crippen molar-refractivity contribution in [3.05, 3.63) is 116 Å². The van der Waals surface area contributed by atoms with Crippen molar-refractivity contribution < 1.29 is 0 Å². The van der Waals surface area contributed by atoms with Gasteiger partial charge >= 0.3 is 0 Å². The standard InChI is InChI=1S/C29H22N2/c1-3-7-20(2)21-10-12-23(13-11-21)25-17-19-31-29-27(25)15-14-26-24(16-18-30-28(26)29)22-8-5-4-6-9-22/h3-19H,1H2,2H3/b20-7+. The normalized spacial score (nSPS) is 11.7. The van der Waals surface area contributed by atoms with Gasteiger partial charge in [-0.25, -0.2) is 0 Å². The average molecular weight is 399 g/mol. The molecule has 148 valence electrons. The van der Waals surface area contributed by atoms with Crippen LogP contribution in [0.25, 0.3) is 49.6 Å². The van der Waals surface area contributed by atoms with Crippen LogP contribution >= 0.6 is 0 Å². The first-order valence-electron chi connectivity index (χ1n) is 10.4. The molecule has 5 aromatic rings. The molecule has 0 spiro atoms. The molecule has 2 nitrogen and oxygen atoms in total. The molecule has 0 bridgehead atoms. The van der Waals surface area contributed by atoms with Gasteiger partial charge in [-0.1, -0.05) is 85.5 Å². The summed E-state index contributed by atoms with van der Waals surface area (Å²) in [4.78, 5) is 9.43. The van der Waals surface area contributed by atoms with E-state index < -0.39 is 0 Å². The lowest BCUT2D eigenvalue weighted by Gasteiger charge is -2.11. The van der Waals surface area contributed by atoms with E-state index in [0.717, 1.165) is 27.4 Å². The summed E-state index contributed by atoms with van der Waals surface area (Å²) in [5.41, 5.74) is 8.95. The van der Waals surface area contributed by atoms with Crippen molar-refractivity contribution in [2.75, 3.05) is 0 Å². The highest BCUT2D eigenvalue weighted by Gasteiger charge is 2.12. The quantitative estimate of drug-likeness (QED) is 0.229. The Morgan fingerprint density at radius 1 is 0.677 bits per heavy atom. The Morgan fingerprint density at radius 3 is 1.77 bits per heavy atom. The molecule has 0 atom stereocenters. The van der Waals surface area contributed by atoms with Gasteiger partial charge in [0.2, 0.25) is 0 Å². The van der Waals surface area contributed by atoms with Crippen LogP contribution in [-0.2, 0) is 0 Å². The number of allylic oxidation sites excluding steroid dienone is 3. The van der Waals surface area contributed by atoms with Gasteiger partial charge < -0.3 is 0 Å². The zero-order chi connectivity index (χ0) is 21.2. The van der Waals surface area contributed by atoms with Gasteiger partial charge in [0.15, 0.2) is 0 Å². The van der Waals surface area contributed by atoms with E-state index in [4.69, 9.17) is 9.97 Å². The number of rotatable bonds is 4. The molecule has 2 heterocycles. The van der Waals surface area contributed by atoms with Crippen LogP contribution < -0.4 is 0 Å². The monoisotopic (exact) mass is 398 g/mol. The Labute approximate surface area is 182 Å². The van der Waals surface area contributed by atoms with Gasteiger partial charge in [-0.05, 0) is 52.4 Å². The second-order valence-electron chi connectivity index (χ2n) is 7.60. The summed E-state index contributed by atoms with van der Waals surface area (Å²) in [6.07, 6.45) is 7.60. The maximum Gasteiger partial charge on any atom is 0.0970 e.